The van der Waals surface area contributed by atoms with Crippen molar-refractivity contribution in [3.63, 3.8) is 0 Å². The Balaban J connectivity index is 1.96. The van der Waals surface area contributed by atoms with Gasteiger partial charge in [0.2, 0.25) is 10.0 Å². The van der Waals surface area contributed by atoms with Crippen molar-refractivity contribution in [3.8, 4) is 17.0 Å². The number of aromatic nitrogens is 3. The Morgan fingerprint density at radius 1 is 1.14 bits per heavy atom. The monoisotopic (exact) mass is 568 g/mol. The topological polar surface area (TPSA) is 116 Å². The number of H-pyrrole nitrogens is 1. The molecule has 3 heterocycles. The smallest absolute Gasteiger partial charge is 0.331 e. The Morgan fingerprint density at radius 2 is 1.86 bits per heavy atom. The molecule has 1 aliphatic rings. The van der Waals surface area contributed by atoms with Gasteiger partial charge < -0.3 is 14.5 Å². The Kier molecular flexibility index (Phi) is 7.55. The number of halogens is 1. The molecule has 0 bridgehead atoms. The summed E-state index contributed by atoms with van der Waals surface area (Å²) >= 11 is 3.59. The summed E-state index contributed by atoms with van der Waals surface area (Å²) in [5.74, 6) is 0.473. The Hall–Kier alpha value is -2.41. The molecule has 0 spiro atoms. The zero-order chi connectivity index (χ0) is 25.3. The number of aromatic amines is 1. The number of hydrogen-bond donors (Lipinski definition) is 1. The molecule has 1 fully saturated rings. The number of morpholine rings is 1. The van der Waals surface area contributed by atoms with Crippen LogP contribution < -0.4 is 16.0 Å². The van der Waals surface area contributed by atoms with Gasteiger partial charge in [-0.15, -0.1) is 0 Å². The maximum Gasteiger partial charge on any atom is 0.331 e. The molecule has 2 aromatic heterocycles. The molecule has 4 rings (SSSR count). The molecule has 0 amide bonds. The minimum absolute atomic E-state index is 0.114. The van der Waals surface area contributed by atoms with Crippen LogP contribution in [0.25, 0.3) is 22.3 Å². The summed E-state index contributed by atoms with van der Waals surface area (Å²) in [6.45, 7) is 6.02. The lowest BCUT2D eigenvalue weighted by atomic mass is 10.1. The van der Waals surface area contributed by atoms with Crippen LogP contribution in [0.5, 0.6) is 5.75 Å². The third-order valence-corrected chi connectivity index (χ3v) is 8.62. The molecule has 1 aliphatic heterocycles. The normalized spacial score (nSPS) is 15.1. The SMILES string of the molecule is CCCOc1ccc(S(=O)(=O)N2CCOCC2)cc1-c1[nH]c2c(=O)n(C)c(=O)n(CCC)c2c1Br. The molecule has 0 aliphatic carbocycles. The average molecular weight is 569 g/mol. The maximum absolute atomic E-state index is 13.3. The lowest BCUT2D eigenvalue weighted by Crippen LogP contribution is -2.40. The van der Waals surface area contributed by atoms with Gasteiger partial charge in [0.15, 0.2) is 0 Å². The second-order valence-electron chi connectivity index (χ2n) is 8.36. The summed E-state index contributed by atoms with van der Waals surface area (Å²) in [6, 6.07) is 4.72. The van der Waals surface area contributed by atoms with E-state index in [-0.39, 0.29) is 23.5 Å². The highest BCUT2D eigenvalue weighted by Crippen LogP contribution is 2.39. The van der Waals surface area contributed by atoms with Gasteiger partial charge in [-0.1, -0.05) is 13.8 Å². The quantitative estimate of drug-likeness (QED) is 0.446. The van der Waals surface area contributed by atoms with E-state index in [1.54, 1.807) is 16.7 Å². The standard InChI is InChI=1S/C23H29BrN4O6S/c1-4-8-28-21-18(24)19(25-20(21)22(29)26(3)23(28)30)16-14-15(6-7-17(16)34-11-5-2)35(31,32)27-9-12-33-13-10-27/h6-7,14,25H,4-5,8-13H2,1-3H3. The highest BCUT2D eigenvalue weighted by molar-refractivity contribution is 9.10. The lowest BCUT2D eigenvalue weighted by molar-refractivity contribution is 0.0730. The number of fused-ring (bicyclic) bond motifs is 1. The summed E-state index contributed by atoms with van der Waals surface area (Å²) in [6.07, 6.45) is 1.45. The summed E-state index contributed by atoms with van der Waals surface area (Å²) in [7, 11) is -2.32. The van der Waals surface area contributed by atoms with E-state index >= 15 is 0 Å². The first-order chi connectivity index (χ1) is 16.7. The minimum Gasteiger partial charge on any atom is -0.493 e. The average Bonchev–Trinajstić information content (AvgIpc) is 3.21. The Morgan fingerprint density at radius 3 is 2.51 bits per heavy atom. The van der Waals surface area contributed by atoms with E-state index in [4.69, 9.17) is 9.47 Å². The number of hydrogen-bond acceptors (Lipinski definition) is 6. The molecule has 3 aromatic rings. The van der Waals surface area contributed by atoms with Crippen LogP contribution in [0.3, 0.4) is 0 Å². The van der Waals surface area contributed by atoms with Crippen molar-refractivity contribution in [1.29, 1.82) is 0 Å². The summed E-state index contributed by atoms with van der Waals surface area (Å²) in [5, 5.41) is 0. The third kappa shape index (κ3) is 4.59. The fraction of sp³-hybridized carbons (Fsp3) is 0.478. The highest BCUT2D eigenvalue weighted by Gasteiger charge is 2.29. The minimum atomic E-state index is -3.76. The van der Waals surface area contributed by atoms with Gasteiger partial charge in [-0.25, -0.2) is 13.2 Å². The molecule has 0 unspecified atom stereocenters. The molecule has 1 aromatic carbocycles. The molecule has 12 heteroatoms. The van der Waals surface area contributed by atoms with Crippen LogP contribution in [0.2, 0.25) is 0 Å². The van der Waals surface area contributed by atoms with E-state index < -0.39 is 21.3 Å². The van der Waals surface area contributed by atoms with Crippen LogP contribution in [0.15, 0.2) is 37.2 Å². The van der Waals surface area contributed by atoms with E-state index in [0.717, 1.165) is 11.0 Å². The molecular formula is C23H29BrN4O6S. The van der Waals surface area contributed by atoms with Gasteiger partial charge in [0.05, 0.1) is 40.4 Å². The zero-order valence-electron chi connectivity index (χ0n) is 20.0. The van der Waals surface area contributed by atoms with Crippen LogP contribution in [0, 0.1) is 0 Å². The Labute approximate surface area is 211 Å². The van der Waals surface area contributed by atoms with Gasteiger partial charge in [-0.05, 0) is 47.0 Å². The van der Waals surface area contributed by atoms with E-state index in [2.05, 4.69) is 20.9 Å². The van der Waals surface area contributed by atoms with Crippen molar-refractivity contribution in [3.05, 3.63) is 43.5 Å². The molecule has 35 heavy (non-hydrogen) atoms. The van der Waals surface area contributed by atoms with Crippen LogP contribution in [0.4, 0.5) is 0 Å². The van der Waals surface area contributed by atoms with E-state index in [1.807, 2.05) is 13.8 Å². The van der Waals surface area contributed by atoms with Crippen molar-refractivity contribution in [2.45, 2.75) is 38.1 Å². The number of nitrogens with zero attached hydrogens (tertiary/aromatic N) is 3. The molecule has 1 N–H and O–H groups in total. The number of benzene rings is 1. The fourth-order valence-electron chi connectivity index (χ4n) is 4.16. The molecular weight excluding hydrogens is 540 g/mol. The summed E-state index contributed by atoms with van der Waals surface area (Å²) < 4.78 is 42.4. The first kappa shape index (κ1) is 25.7. The van der Waals surface area contributed by atoms with Gasteiger partial charge >= 0.3 is 5.69 Å². The van der Waals surface area contributed by atoms with Crippen molar-refractivity contribution in [2.75, 3.05) is 32.9 Å². The Bertz CT molecular complexity index is 1470. The summed E-state index contributed by atoms with van der Waals surface area (Å²) in [4.78, 5) is 29.0. The molecule has 190 valence electrons. The van der Waals surface area contributed by atoms with Crippen molar-refractivity contribution in [2.24, 2.45) is 7.05 Å². The fourth-order valence-corrected chi connectivity index (χ4v) is 6.32. The van der Waals surface area contributed by atoms with Gasteiger partial charge in [-0.3, -0.25) is 13.9 Å². The van der Waals surface area contributed by atoms with Gasteiger partial charge in [0, 0.05) is 32.2 Å². The number of aryl methyl sites for hydroxylation is 1. The molecule has 0 radical (unpaired) electrons. The van der Waals surface area contributed by atoms with Gasteiger partial charge in [0.1, 0.15) is 11.3 Å². The molecule has 0 saturated carbocycles. The third-order valence-electron chi connectivity index (χ3n) is 5.96. The summed E-state index contributed by atoms with van der Waals surface area (Å²) in [5.41, 5.74) is 0.772. The second kappa shape index (κ2) is 10.3. The van der Waals surface area contributed by atoms with Crippen LogP contribution >= 0.6 is 15.9 Å². The first-order valence-electron chi connectivity index (χ1n) is 11.6. The van der Waals surface area contributed by atoms with Crippen molar-refractivity contribution >= 4 is 37.0 Å². The highest BCUT2D eigenvalue weighted by atomic mass is 79.9. The van der Waals surface area contributed by atoms with Crippen molar-refractivity contribution < 1.29 is 17.9 Å². The number of sulfonamides is 1. The van der Waals surface area contributed by atoms with E-state index in [0.29, 0.717) is 59.8 Å². The largest absolute Gasteiger partial charge is 0.493 e. The van der Waals surface area contributed by atoms with Gasteiger partial charge in [-0.2, -0.15) is 4.31 Å². The molecule has 1 saturated heterocycles. The number of ether oxygens (including phenoxy) is 2. The second-order valence-corrected chi connectivity index (χ2v) is 11.1. The van der Waals surface area contributed by atoms with Gasteiger partial charge in [0.25, 0.3) is 5.56 Å². The molecule has 0 atom stereocenters. The first-order valence-corrected chi connectivity index (χ1v) is 13.8. The predicted molar refractivity (Wildman–Crippen MR) is 137 cm³/mol. The van der Waals surface area contributed by atoms with E-state index in [9.17, 15) is 18.0 Å². The number of nitrogens with one attached hydrogen (secondary N) is 1. The van der Waals surface area contributed by atoms with E-state index in [1.165, 1.54) is 17.4 Å². The van der Waals surface area contributed by atoms with Crippen LogP contribution in [-0.4, -0.2) is 59.8 Å². The van der Waals surface area contributed by atoms with Crippen LogP contribution in [0.1, 0.15) is 26.7 Å². The zero-order valence-corrected chi connectivity index (χ0v) is 22.4. The predicted octanol–water partition coefficient (Wildman–Crippen LogP) is 2.68. The lowest BCUT2D eigenvalue weighted by Gasteiger charge is -2.26. The van der Waals surface area contributed by atoms with Crippen molar-refractivity contribution in [1.82, 2.24) is 18.4 Å². The maximum atomic E-state index is 13.3. The van der Waals surface area contributed by atoms with Crippen LogP contribution in [-0.2, 0) is 28.4 Å². The number of rotatable bonds is 8. The molecule has 10 nitrogen and oxygen atoms in total.